The lowest BCUT2D eigenvalue weighted by atomic mass is 10.3. The molecule has 0 saturated carbocycles. The molecule has 0 atom stereocenters. The third-order valence-electron chi connectivity index (χ3n) is 1.79. The fraction of sp³-hybridized carbons (Fsp3) is 0.250. The van der Waals surface area contributed by atoms with E-state index in [9.17, 15) is 4.79 Å². The van der Waals surface area contributed by atoms with Crippen molar-refractivity contribution in [2.75, 3.05) is 18.4 Å². The Hall–Kier alpha value is -1.79. The van der Waals surface area contributed by atoms with Crippen molar-refractivity contribution in [1.82, 2.24) is 5.32 Å². The van der Waals surface area contributed by atoms with E-state index in [1.165, 1.54) is 0 Å². The highest BCUT2D eigenvalue weighted by Crippen LogP contribution is 2.03. The van der Waals surface area contributed by atoms with Crippen LogP contribution in [0.2, 0.25) is 0 Å². The van der Waals surface area contributed by atoms with Gasteiger partial charge in [-0.2, -0.15) is 0 Å². The van der Waals surface area contributed by atoms with Crippen molar-refractivity contribution in [3.8, 4) is 12.3 Å². The molecule has 0 aliphatic carbocycles. The molecule has 1 rings (SSSR count). The molecule has 15 heavy (non-hydrogen) atoms. The predicted molar refractivity (Wildman–Crippen MR) is 61.4 cm³/mol. The molecule has 1 aromatic rings. The van der Waals surface area contributed by atoms with Gasteiger partial charge in [0.2, 0.25) is 5.91 Å². The van der Waals surface area contributed by atoms with E-state index in [4.69, 9.17) is 6.42 Å². The third kappa shape index (κ3) is 4.84. The van der Waals surface area contributed by atoms with Crippen LogP contribution in [0.15, 0.2) is 30.3 Å². The van der Waals surface area contributed by atoms with Crippen LogP contribution in [0.4, 0.5) is 5.69 Å². The van der Waals surface area contributed by atoms with Crippen LogP contribution in [0.25, 0.3) is 0 Å². The largest absolute Gasteiger partial charge is 0.325 e. The number of hydrogen-bond donors (Lipinski definition) is 2. The van der Waals surface area contributed by atoms with E-state index in [0.717, 1.165) is 5.69 Å². The summed E-state index contributed by atoms with van der Waals surface area (Å²) in [6.45, 7) is 0.954. The highest BCUT2D eigenvalue weighted by atomic mass is 16.1. The van der Waals surface area contributed by atoms with Gasteiger partial charge in [-0.1, -0.05) is 18.2 Å². The fourth-order valence-electron chi connectivity index (χ4n) is 1.09. The normalized spacial score (nSPS) is 9.27. The molecule has 0 unspecified atom stereocenters. The van der Waals surface area contributed by atoms with Crippen LogP contribution in [0.1, 0.15) is 6.42 Å². The van der Waals surface area contributed by atoms with E-state index in [-0.39, 0.29) is 12.5 Å². The average molecular weight is 202 g/mol. The Bertz CT molecular complexity index is 340. The molecule has 0 radical (unpaired) electrons. The number of benzene rings is 1. The number of terminal acetylenes is 1. The van der Waals surface area contributed by atoms with Gasteiger partial charge in [-0.15, -0.1) is 12.3 Å². The predicted octanol–water partition coefficient (Wildman–Crippen LogP) is 1.24. The summed E-state index contributed by atoms with van der Waals surface area (Å²) < 4.78 is 0. The van der Waals surface area contributed by atoms with Crippen LogP contribution in [0.5, 0.6) is 0 Å². The van der Waals surface area contributed by atoms with E-state index in [2.05, 4.69) is 16.6 Å². The zero-order chi connectivity index (χ0) is 10.9. The smallest absolute Gasteiger partial charge is 0.238 e. The second-order valence-electron chi connectivity index (χ2n) is 3.05. The maximum Gasteiger partial charge on any atom is 0.238 e. The van der Waals surface area contributed by atoms with Gasteiger partial charge in [0.1, 0.15) is 0 Å². The van der Waals surface area contributed by atoms with Crippen molar-refractivity contribution in [3.63, 3.8) is 0 Å². The minimum atomic E-state index is -0.0572. The van der Waals surface area contributed by atoms with E-state index >= 15 is 0 Å². The van der Waals surface area contributed by atoms with Gasteiger partial charge in [-0.25, -0.2) is 0 Å². The van der Waals surface area contributed by atoms with Crippen LogP contribution >= 0.6 is 0 Å². The molecule has 1 aromatic carbocycles. The minimum Gasteiger partial charge on any atom is -0.325 e. The van der Waals surface area contributed by atoms with Crippen molar-refractivity contribution in [2.24, 2.45) is 0 Å². The number of para-hydroxylation sites is 1. The second kappa shape index (κ2) is 6.63. The molecule has 0 heterocycles. The molecule has 78 valence electrons. The summed E-state index contributed by atoms with van der Waals surface area (Å²) in [4.78, 5) is 11.4. The van der Waals surface area contributed by atoms with E-state index < -0.39 is 0 Å². The number of hydrogen-bond acceptors (Lipinski definition) is 2. The molecule has 0 fully saturated rings. The fourth-order valence-corrected chi connectivity index (χ4v) is 1.09. The molecular weight excluding hydrogens is 188 g/mol. The van der Waals surface area contributed by atoms with Gasteiger partial charge in [0.05, 0.1) is 6.54 Å². The Morgan fingerprint density at radius 1 is 1.33 bits per heavy atom. The van der Waals surface area contributed by atoms with Crippen LogP contribution in [0, 0.1) is 12.3 Å². The van der Waals surface area contributed by atoms with Crippen molar-refractivity contribution >= 4 is 11.6 Å². The highest BCUT2D eigenvalue weighted by Gasteiger charge is 1.99. The maximum atomic E-state index is 11.4. The van der Waals surface area contributed by atoms with E-state index in [1.54, 1.807) is 0 Å². The molecule has 0 saturated heterocycles. The number of nitrogens with one attached hydrogen (secondary N) is 2. The van der Waals surface area contributed by atoms with Gasteiger partial charge in [-0.3, -0.25) is 4.79 Å². The molecule has 1 amide bonds. The molecule has 3 nitrogen and oxygen atoms in total. The number of amides is 1. The molecule has 3 heteroatoms. The van der Waals surface area contributed by atoms with Gasteiger partial charge >= 0.3 is 0 Å². The van der Waals surface area contributed by atoms with E-state index in [0.29, 0.717) is 13.0 Å². The second-order valence-corrected chi connectivity index (χ2v) is 3.05. The zero-order valence-electron chi connectivity index (χ0n) is 8.49. The SMILES string of the molecule is C#CCCNCC(=O)Nc1ccccc1. The molecule has 0 aliphatic heterocycles. The summed E-state index contributed by atoms with van der Waals surface area (Å²) in [7, 11) is 0. The molecule has 0 aliphatic rings. The molecule has 0 spiro atoms. The number of carbonyl (C=O) groups excluding carboxylic acids is 1. The molecule has 0 aromatic heterocycles. The standard InChI is InChI=1S/C12H14N2O/c1-2-3-9-13-10-12(15)14-11-7-5-4-6-8-11/h1,4-8,13H,3,9-10H2,(H,14,15). The third-order valence-corrected chi connectivity index (χ3v) is 1.79. The van der Waals surface area contributed by atoms with Gasteiger partial charge in [-0.05, 0) is 12.1 Å². The lowest BCUT2D eigenvalue weighted by molar-refractivity contribution is -0.115. The lowest BCUT2D eigenvalue weighted by Gasteiger charge is -2.05. The summed E-state index contributed by atoms with van der Waals surface area (Å²) in [5, 5.41) is 5.72. The van der Waals surface area contributed by atoms with Crippen LogP contribution in [0.3, 0.4) is 0 Å². The zero-order valence-corrected chi connectivity index (χ0v) is 8.49. The molecular formula is C12H14N2O. The maximum absolute atomic E-state index is 11.4. The molecule has 0 bridgehead atoms. The summed E-state index contributed by atoms with van der Waals surface area (Å²) in [5.74, 6) is 2.44. The first-order chi connectivity index (χ1) is 7.33. The Labute approximate surface area is 89.9 Å². The van der Waals surface area contributed by atoms with Crippen molar-refractivity contribution in [1.29, 1.82) is 0 Å². The van der Waals surface area contributed by atoms with Crippen molar-refractivity contribution < 1.29 is 4.79 Å². The monoisotopic (exact) mass is 202 g/mol. The first-order valence-corrected chi connectivity index (χ1v) is 4.82. The number of anilines is 1. The topological polar surface area (TPSA) is 41.1 Å². The number of carbonyl (C=O) groups is 1. The minimum absolute atomic E-state index is 0.0572. The van der Waals surface area contributed by atoms with E-state index in [1.807, 2.05) is 30.3 Å². The Kier molecular flexibility index (Phi) is 4.99. The van der Waals surface area contributed by atoms with Crippen LogP contribution < -0.4 is 10.6 Å². The first kappa shape index (κ1) is 11.3. The Morgan fingerprint density at radius 3 is 2.73 bits per heavy atom. The Balaban J connectivity index is 2.22. The summed E-state index contributed by atoms with van der Waals surface area (Å²) in [6, 6.07) is 9.35. The Morgan fingerprint density at radius 2 is 2.07 bits per heavy atom. The van der Waals surface area contributed by atoms with Crippen LogP contribution in [-0.2, 0) is 4.79 Å². The van der Waals surface area contributed by atoms with Crippen LogP contribution in [-0.4, -0.2) is 19.0 Å². The highest BCUT2D eigenvalue weighted by molar-refractivity contribution is 5.92. The van der Waals surface area contributed by atoms with Gasteiger partial charge < -0.3 is 10.6 Å². The summed E-state index contributed by atoms with van der Waals surface area (Å²) >= 11 is 0. The average Bonchev–Trinajstić information content (AvgIpc) is 2.26. The van der Waals surface area contributed by atoms with Gasteiger partial charge in [0.25, 0.3) is 0 Å². The molecule has 2 N–H and O–H groups in total. The van der Waals surface area contributed by atoms with Gasteiger partial charge in [0.15, 0.2) is 0 Å². The van der Waals surface area contributed by atoms with Crippen molar-refractivity contribution in [3.05, 3.63) is 30.3 Å². The first-order valence-electron chi connectivity index (χ1n) is 4.82. The summed E-state index contributed by atoms with van der Waals surface area (Å²) in [5.41, 5.74) is 0.807. The van der Waals surface area contributed by atoms with Gasteiger partial charge in [0, 0.05) is 18.7 Å². The number of rotatable bonds is 5. The quantitative estimate of drug-likeness (QED) is 0.557. The summed E-state index contributed by atoms with van der Waals surface area (Å²) in [6.07, 6.45) is 5.72. The van der Waals surface area contributed by atoms with Crippen molar-refractivity contribution in [2.45, 2.75) is 6.42 Å². The lowest BCUT2D eigenvalue weighted by Crippen LogP contribution is -2.28.